The molecule has 0 unspecified atom stereocenters. The molecule has 0 amide bonds. The molecule has 0 spiro atoms. The van der Waals surface area contributed by atoms with Crippen molar-refractivity contribution in [2.75, 3.05) is 5.73 Å². The summed E-state index contributed by atoms with van der Waals surface area (Å²) in [7, 11) is 0. The topological polar surface area (TPSA) is 68.9 Å². The van der Waals surface area contributed by atoms with Gasteiger partial charge in [0.1, 0.15) is 5.78 Å². The highest BCUT2D eigenvalue weighted by Crippen LogP contribution is 2.33. The number of aromatic nitrogens is 2. The molecular weight excluding hydrogens is 218 g/mol. The number of Topliss-reactive ketones (excluding diaryl/α,β-unsaturated/α-hetero) is 1. The van der Waals surface area contributed by atoms with Crippen molar-refractivity contribution in [2.24, 2.45) is 0 Å². The van der Waals surface area contributed by atoms with E-state index in [0.717, 1.165) is 23.6 Å². The number of hydrogen-bond acceptors (Lipinski definition) is 6. The molecule has 2 rings (SSSR count). The Bertz CT molecular complexity index is 339. The normalized spacial score (nSPS) is 22.6. The molecule has 4 nitrogen and oxygen atoms in total. The van der Waals surface area contributed by atoms with E-state index in [9.17, 15) is 4.79 Å². The molecule has 1 aliphatic carbocycles. The summed E-state index contributed by atoms with van der Waals surface area (Å²) < 4.78 is 0.808. The van der Waals surface area contributed by atoms with Gasteiger partial charge in [0.05, 0.1) is 5.25 Å². The first-order valence-electron chi connectivity index (χ1n) is 4.54. The van der Waals surface area contributed by atoms with E-state index in [1.54, 1.807) is 0 Å². The van der Waals surface area contributed by atoms with Crippen molar-refractivity contribution < 1.29 is 4.79 Å². The van der Waals surface area contributed by atoms with Crippen LogP contribution in [-0.4, -0.2) is 21.2 Å². The quantitative estimate of drug-likeness (QED) is 0.836. The molecular formula is C8H11N3OS2. The van der Waals surface area contributed by atoms with E-state index < -0.39 is 0 Å². The minimum Gasteiger partial charge on any atom is -0.374 e. The largest absolute Gasteiger partial charge is 0.374 e. The van der Waals surface area contributed by atoms with Gasteiger partial charge in [0.15, 0.2) is 4.34 Å². The van der Waals surface area contributed by atoms with Gasteiger partial charge < -0.3 is 5.73 Å². The Morgan fingerprint density at radius 2 is 2.29 bits per heavy atom. The molecule has 0 aromatic carbocycles. The molecule has 1 fully saturated rings. The van der Waals surface area contributed by atoms with Gasteiger partial charge in [-0.05, 0) is 12.8 Å². The second-order valence-electron chi connectivity index (χ2n) is 3.22. The predicted molar refractivity (Wildman–Crippen MR) is 57.4 cm³/mol. The van der Waals surface area contributed by atoms with Crippen LogP contribution in [0.4, 0.5) is 5.13 Å². The number of nitrogens with zero attached hydrogens (tertiary/aromatic N) is 2. The molecule has 0 bridgehead atoms. The maximum absolute atomic E-state index is 11.5. The first kappa shape index (κ1) is 9.92. The fourth-order valence-corrected chi connectivity index (χ4v) is 3.47. The summed E-state index contributed by atoms with van der Waals surface area (Å²) in [5.41, 5.74) is 5.47. The van der Waals surface area contributed by atoms with Crippen LogP contribution in [0.3, 0.4) is 0 Å². The van der Waals surface area contributed by atoms with Crippen LogP contribution in [-0.2, 0) is 4.79 Å². The number of carbonyl (C=O) groups is 1. The zero-order chi connectivity index (χ0) is 9.97. The monoisotopic (exact) mass is 229 g/mol. The van der Waals surface area contributed by atoms with Crippen molar-refractivity contribution in [3.63, 3.8) is 0 Å². The molecule has 1 aliphatic rings. The van der Waals surface area contributed by atoms with Crippen molar-refractivity contribution in [2.45, 2.75) is 35.3 Å². The number of thioether (sulfide) groups is 1. The molecule has 76 valence electrons. The lowest BCUT2D eigenvalue weighted by molar-refractivity contribution is -0.119. The Labute approximate surface area is 90.3 Å². The zero-order valence-electron chi connectivity index (χ0n) is 7.60. The van der Waals surface area contributed by atoms with Crippen LogP contribution in [0.2, 0.25) is 0 Å². The van der Waals surface area contributed by atoms with Crippen LogP contribution in [0.25, 0.3) is 0 Å². The Hall–Kier alpha value is -0.620. The maximum atomic E-state index is 11.5. The molecule has 1 aromatic rings. The van der Waals surface area contributed by atoms with Crippen LogP contribution in [0.5, 0.6) is 0 Å². The highest BCUT2D eigenvalue weighted by Gasteiger charge is 2.24. The number of anilines is 1. The first-order chi connectivity index (χ1) is 6.75. The molecule has 2 N–H and O–H groups in total. The fourth-order valence-electron chi connectivity index (χ4n) is 1.47. The fraction of sp³-hybridized carbons (Fsp3) is 0.625. The lowest BCUT2D eigenvalue weighted by Gasteiger charge is -2.17. The van der Waals surface area contributed by atoms with Crippen molar-refractivity contribution in [1.82, 2.24) is 10.2 Å². The summed E-state index contributed by atoms with van der Waals surface area (Å²) in [4.78, 5) is 11.5. The maximum Gasteiger partial charge on any atom is 0.203 e. The molecule has 1 saturated carbocycles. The van der Waals surface area contributed by atoms with Crippen molar-refractivity contribution >= 4 is 34.0 Å². The molecule has 1 aromatic heterocycles. The van der Waals surface area contributed by atoms with Gasteiger partial charge in [-0.15, -0.1) is 10.2 Å². The van der Waals surface area contributed by atoms with E-state index in [1.165, 1.54) is 23.1 Å². The average molecular weight is 229 g/mol. The van der Waals surface area contributed by atoms with E-state index in [2.05, 4.69) is 10.2 Å². The predicted octanol–water partition coefficient (Wildman–Crippen LogP) is 1.72. The first-order valence-corrected chi connectivity index (χ1v) is 6.23. The average Bonchev–Trinajstić information content (AvgIpc) is 2.56. The van der Waals surface area contributed by atoms with Crippen molar-refractivity contribution in [3.05, 3.63) is 0 Å². The smallest absolute Gasteiger partial charge is 0.203 e. The van der Waals surface area contributed by atoms with Gasteiger partial charge in [0.25, 0.3) is 0 Å². The second-order valence-corrected chi connectivity index (χ2v) is 5.68. The van der Waals surface area contributed by atoms with E-state index in [0.29, 0.717) is 17.3 Å². The van der Waals surface area contributed by atoms with Gasteiger partial charge in [-0.2, -0.15) is 0 Å². The third kappa shape index (κ3) is 2.24. The van der Waals surface area contributed by atoms with Gasteiger partial charge in [0.2, 0.25) is 5.13 Å². The van der Waals surface area contributed by atoms with Gasteiger partial charge in [-0.3, -0.25) is 4.79 Å². The Morgan fingerprint density at radius 3 is 2.93 bits per heavy atom. The van der Waals surface area contributed by atoms with Gasteiger partial charge in [-0.1, -0.05) is 29.5 Å². The molecule has 6 heteroatoms. The van der Waals surface area contributed by atoms with E-state index in [1.807, 2.05) is 0 Å². The minimum atomic E-state index is 0.0797. The van der Waals surface area contributed by atoms with Crippen molar-refractivity contribution in [1.29, 1.82) is 0 Å². The summed E-state index contributed by atoms with van der Waals surface area (Å²) >= 11 is 2.86. The van der Waals surface area contributed by atoms with E-state index in [-0.39, 0.29) is 5.25 Å². The highest BCUT2D eigenvalue weighted by atomic mass is 32.2. The third-order valence-corrected chi connectivity index (χ3v) is 4.32. The number of nitrogen functional groups attached to an aromatic ring is 1. The summed E-state index contributed by atoms with van der Waals surface area (Å²) in [6.45, 7) is 0. The van der Waals surface area contributed by atoms with Gasteiger partial charge in [-0.25, -0.2) is 0 Å². The Kier molecular flexibility index (Phi) is 3.02. The summed E-state index contributed by atoms with van der Waals surface area (Å²) in [5, 5.41) is 8.17. The second kappa shape index (κ2) is 4.27. The minimum absolute atomic E-state index is 0.0797. The summed E-state index contributed by atoms with van der Waals surface area (Å²) in [6.07, 6.45) is 3.85. The SMILES string of the molecule is Nc1nnc(S[C@H]2CCCCC2=O)s1. The standard InChI is InChI=1S/C8H11N3OS2/c9-7-10-11-8(14-7)13-6-4-2-1-3-5(6)12/h6H,1-4H2,(H2,9,10)/t6-/m0/s1. The number of carbonyl (C=O) groups excluding carboxylic acids is 1. The number of nitrogens with two attached hydrogens (primary N) is 1. The van der Waals surface area contributed by atoms with Gasteiger partial charge >= 0.3 is 0 Å². The zero-order valence-corrected chi connectivity index (χ0v) is 9.24. The molecule has 1 heterocycles. The van der Waals surface area contributed by atoms with Crippen LogP contribution in [0.15, 0.2) is 4.34 Å². The Balaban J connectivity index is 1.99. The number of rotatable bonds is 2. The lowest BCUT2D eigenvalue weighted by atomic mass is 9.99. The van der Waals surface area contributed by atoms with Crippen LogP contribution >= 0.6 is 23.1 Å². The highest BCUT2D eigenvalue weighted by molar-refractivity contribution is 8.02. The van der Waals surface area contributed by atoms with Gasteiger partial charge in [0, 0.05) is 6.42 Å². The summed E-state index contributed by atoms with van der Waals surface area (Å²) in [5.74, 6) is 0.343. The molecule has 0 saturated heterocycles. The number of hydrogen-bond donors (Lipinski definition) is 1. The molecule has 14 heavy (non-hydrogen) atoms. The molecule has 0 radical (unpaired) electrons. The third-order valence-electron chi connectivity index (χ3n) is 2.16. The molecule has 1 atom stereocenters. The van der Waals surface area contributed by atoms with Crippen LogP contribution in [0.1, 0.15) is 25.7 Å². The van der Waals surface area contributed by atoms with E-state index >= 15 is 0 Å². The lowest BCUT2D eigenvalue weighted by Crippen LogP contribution is -2.21. The van der Waals surface area contributed by atoms with Crippen LogP contribution < -0.4 is 5.73 Å². The van der Waals surface area contributed by atoms with Crippen molar-refractivity contribution in [3.8, 4) is 0 Å². The number of ketones is 1. The molecule has 0 aliphatic heterocycles. The Morgan fingerprint density at radius 1 is 1.43 bits per heavy atom. The van der Waals surface area contributed by atoms with E-state index in [4.69, 9.17) is 5.73 Å². The van der Waals surface area contributed by atoms with Crippen LogP contribution in [0, 0.1) is 0 Å². The summed E-state index contributed by atoms with van der Waals surface area (Å²) in [6, 6.07) is 0.